The molecule has 0 bridgehead atoms. The van der Waals surface area contributed by atoms with Crippen LogP contribution in [0.15, 0.2) is 48.7 Å². The van der Waals surface area contributed by atoms with Gasteiger partial charge in [-0.2, -0.15) is 0 Å². The molecule has 2 aromatic carbocycles. The summed E-state index contributed by atoms with van der Waals surface area (Å²) < 4.78 is 13.5. The van der Waals surface area contributed by atoms with Crippen LogP contribution in [-0.2, 0) is 27.3 Å². The van der Waals surface area contributed by atoms with Crippen LogP contribution in [0.3, 0.4) is 0 Å². The number of aromatic nitrogens is 1. The number of amides is 2. The minimum absolute atomic E-state index is 0.338. The Bertz CT molecular complexity index is 1300. The molecule has 0 aliphatic carbocycles. The summed E-state index contributed by atoms with van der Waals surface area (Å²) in [5, 5.41) is 3.54. The third-order valence-corrected chi connectivity index (χ3v) is 6.95. The Morgan fingerprint density at radius 1 is 0.941 bits per heavy atom. The van der Waals surface area contributed by atoms with E-state index in [-0.39, 0.29) is 11.8 Å². The molecule has 2 amide bonds. The number of rotatable bonds is 6. The average molecular weight is 458 g/mol. The van der Waals surface area contributed by atoms with Crippen LogP contribution in [0.25, 0.3) is 22.0 Å². The smallest absolute Gasteiger partial charge is 0.259 e. The topological polar surface area (TPSA) is 72.8 Å². The van der Waals surface area contributed by atoms with Crippen molar-refractivity contribution in [3.05, 3.63) is 65.4 Å². The van der Waals surface area contributed by atoms with Crippen molar-refractivity contribution in [2.24, 2.45) is 0 Å². The van der Waals surface area contributed by atoms with E-state index in [2.05, 4.69) is 20.9 Å². The maximum Gasteiger partial charge on any atom is 0.259 e. The lowest BCUT2D eigenvalue weighted by atomic mass is 9.95. The molecule has 4 heterocycles. The third kappa shape index (κ3) is 3.71. The second kappa shape index (κ2) is 8.74. The number of nitrogens with zero attached hydrogens (tertiary/aromatic N) is 2. The molecule has 174 valence electrons. The second-order valence-corrected chi connectivity index (χ2v) is 9.01. The van der Waals surface area contributed by atoms with Crippen LogP contribution in [0, 0.1) is 0 Å². The molecule has 34 heavy (non-hydrogen) atoms. The summed E-state index contributed by atoms with van der Waals surface area (Å²) in [6.45, 7) is 5.76. The Morgan fingerprint density at radius 3 is 2.56 bits per heavy atom. The van der Waals surface area contributed by atoms with Crippen LogP contribution in [0.4, 0.5) is 0 Å². The molecule has 1 saturated heterocycles. The summed E-state index contributed by atoms with van der Waals surface area (Å²) >= 11 is 0. The van der Waals surface area contributed by atoms with Gasteiger partial charge in [-0.25, -0.2) is 0 Å². The van der Waals surface area contributed by atoms with Gasteiger partial charge in [0.25, 0.3) is 11.8 Å². The van der Waals surface area contributed by atoms with E-state index < -0.39 is 0 Å². The van der Waals surface area contributed by atoms with Crippen LogP contribution in [0.5, 0.6) is 5.75 Å². The highest BCUT2D eigenvalue weighted by Crippen LogP contribution is 2.38. The number of hydrogen-bond acceptors (Lipinski definition) is 5. The predicted octanol–water partition coefficient (Wildman–Crippen LogP) is 2.87. The second-order valence-electron chi connectivity index (χ2n) is 9.01. The Balaban J connectivity index is 1.30. The molecule has 0 saturated carbocycles. The molecule has 3 aliphatic heterocycles. The van der Waals surface area contributed by atoms with Gasteiger partial charge in [0.15, 0.2) is 0 Å². The fraction of sp³-hybridized carbons (Fsp3) is 0.333. The molecule has 3 aliphatic rings. The Morgan fingerprint density at radius 2 is 1.74 bits per heavy atom. The fourth-order valence-electron chi connectivity index (χ4n) is 5.28. The average Bonchev–Trinajstić information content (AvgIpc) is 3.38. The minimum Gasteiger partial charge on any atom is -0.492 e. The van der Waals surface area contributed by atoms with E-state index >= 15 is 0 Å². The van der Waals surface area contributed by atoms with E-state index in [0.29, 0.717) is 23.3 Å². The first kappa shape index (κ1) is 21.1. The van der Waals surface area contributed by atoms with Crippen molar-refractivity contribution in [1.82, 2.24) is 14.8 Å². The standard InChI is InChI=1S/C27H27N3O4/c31-26-23(18-6-8-20(9-7-18)34-16-13-29-11-14-33-15-12-29)24(27(32)28-26)22-17-30-10-2-4-19-3-1-5-21(22)25(19)30/h1,3,5-9,17H,2,4,10-16H2,(H,28,31,32). The summed E-state index contributed by atoms with van der Waals surface area (Å²) in [6.07, 6.45) is 4.14. The van der Waals surface area contributed by atoms with Gasteiger partial charge >= 0.3 is 0 Å². The van der Waals surface area contributed by atoms with E-state index in [1.54, 1.807) is 0 Å². The summed E-state index contributed by atoms with van der Waals surface area (Å²) in [7, 11) is 0. The van der Waals surface area contributed by atoms with Crippen molar-refractivity contribution in [3.8, 4) is 5.75 Å². The molecule has 3 aromatic rings. The number of morpholine rings is 1. The number of hydrogen-bond donors (Lipinski definition) is 1. The Kier molecular flexibility index (Phi) is 5.43. The molecule has 1 aromatic heterocycles. The van der Waals surface area contributed by atoms with E-state index in [1.807, 2.05) is 42.6 Å². The SMILES string of the molecule is O=C1NC(=O)C(c2cn3c4c(cccc24)CCC3)=C1c1ccc(OCCN2CCOCC2)cc1. The molecular formula is C27H27N3O4. The molecule has 6 rings (SSSR count). The maximum atomic E-state index is 12.9. The number of ether oxygens (including phenoxy) is 2. The van der Waals surface area contributed by atoms with Crippen LogP contribution < -0.4 is 10.1 Å². The molecule has 0 spiro atoms. The Hall–Kier alpha value is -3.42. The van der Waals surface area contributed by atoms with Gasteiger partial charge in [-0.15, -0.1) is 0 Å². The molecule has 1 N–H and O–H groups in total. The molecule has 7 nitrogen and oxygen atoms in total. The highest BCUT2D eigenvalue weighted by atomic mass is 16.5. The van der Waals surface area contributed by atoms with Gasteiger partial charge in [-0.1, -0.05) is 30.3 Å². The van der Waals surface area contributed by atoms with Gasteiger partial charge in [0.2, 0.25) is 0 Å². The van der Waals surface area contributed by atoms with E-state index in [1.165, 1.54) is 11.1 Å². The first-order valence-corrected chi connectivity index (χ1v) is 11.9. The number of benzene rings is 2. The zero-order valence-corrected chi connectivity index (χ0v) is 19.0. The highest BCUT2D eigenvalue weighted by Gasteiger charge is 2.34. The van der Waals surface area contributed by atoms with Crippen LogP contribution in [0.1, 0.15) is 23.1 Å². The summed E-state index contributed by atoms with van der Waals surface area (Å²) in [5.41, 5.74) is 4.88. The zero-order valence-electron chi connectivity index (χ0n) is 19.0. The third-order valence-electron chi connectivity index (χ3n) is 6.95. The van der Waals surface area contributed by atoms with Crippen LogP contribution in [0.2, 0.25) is 0 Å². The molecule has 7 heteroatoms. The van der Waals surface area contributed by atoms with Gasteiger partial charge in [-0.3, -0.25) is 19.8 Å². The first-order valence-electron chi connectivity index (χ1n) is 11.9. The fourth-order valence-corrected chi connectivity index (χ4v) is 5.28. The lowest BCUT2D eigenvalue weighted by Gasteiger charge is -2.26. The van der Waals surface area contributed by atoms with Crippen molar-refractivity contribution >= 4 is 33.9 Å². The van der Waals surface area contributed by atoms with E-state index in [4.69, 9.17) is 9.47 Å². The largest absolute Gasteiger partial charge is 0.492 e. The van der Waals surface area contributed by atoms with Crippen molar-refractivity contribution in [2.45, 2.75) is 19.4 Å². The first-order chi connectivity index (χ1) is 16.7. The number of carbonyl (C=O) groups is 2. The van der Waals surface area contributed by atoms with Gasteiger partial charge in [-0.05, 0) is 36.1 Å². The molecule has 1 fully saturated rings. The van der Waals surface area contributed by atoms with Gasteiger partial charge in [0.1, 0.15) is 12.4 Å². The van der Waals surface area contributed by atoms with Crippen molar-refractivity contribution in [3.63, 3.8) is 0 Å². The number of carbonyl (C=O) groups excluding carboxylic acids is 2. The monoisotopic (exact) mass is 457 g/mol. The number of imide groups is 1. The number of para-hydroxylation sites is 1. The maximum absolute atomic E-state index is 12.9. The Labute approximate surface area is 197 Å². The summed E-state index contributed by atoms with van der Waals surface area (Å²) in [5.74, 6) is 0.0541. The summed E-state index contributed by atoms with van der Waals surface area (Å²) in [6, 6.07) is 13.7. The van der Waals surface area contributed by atoms with Crippen molar-refractivity contribution in [2.75, 3.05) is 39.5 Å². The molecule has 0 radical (unpaired) electrons. The van der Waals surface area contributed by atoms with Crippen LogP contribution in [-0.4, -0.2) is 60.7 Å². The quantitative estimate of drug-likeness (QED) is 0.577. The van der Waals surface area contributed by atoms with Gasteiger partial charge in [0.05, 0.1) is 29.9 Å². The lowest BCUT2D eigenvalue weighted by Crippen LogP contribution is -2.38. The van der Waals surface area contributed by atoms with E-state index in [9.17, 15) is 9.59 Å². The van der Waals surface area contributed by atoms with E-state index in [0.717, 1.165) is 68.9 Å². The van der Waals surface area contributed by atoms with Crippen molar-refractivity contribution < 1.29 is 19.1 Å². The highest BCUT2D eigenvalue weighted by molar-refractivity contribution is 6.50. The minimum atomic E-state index is -0.354. The zero-order chi connectivity index (χ0) is 23.1. The molecular weight excluding hydrogens is 430 g/mol. The number of nitrogens with one attached hydrogen (secondary N) is 1. The molecule has 0 atom stereocenters. The molecule has 0 unspecified atom stereocenters. The van der Waals surface area contributed by atoms with Crippen molar-refractivity contribution in [1.29, 1.82) is 0 Å². The lowest BCUT2D eigenvalue weighted by molar-refractivity contribution is -0.122. The predicted molar refractivity (Wildman–Crippen MR) is 129 cm³/mol. The number of aryl methyl sites for hydroxylation is 2. The van der Waals surface area contributed by atoms with Gasteiger partial charge < -0.3 is 14.0 Å². The van der Waals surface area contributed by atoms with Gasteiger partial charge in [0, 0.05) is 43.3 Å². The normalized spacial score (nSPS) is 18.6. The van der Waals surface area contributed by atoms with Crippen LogP contribution >= 0.6 is 0 Å². The summed E-state index contributed by atoms with van der Waals surface area (Å²) in [4.78, 5) is 28.1.